The average molecular weight is 295 g/mol. The van der Waals surface area contributed by atoms with E-state index in [1.165, 1.54) is 0 Å². The largest absolute Gasteiger partial charge is 0.396 e. The highest BCUT2D eigenvalue weighted by Gasteiger charge is 2.37. The van der Waals surface area contributed by atoms with Crippen molar-refractivity contribution in [2.45, 2.75) is 29.2 Å². The molecule has 0 aromatic rings. The quantitative estimate of drug-likeness (QED) is 0.322. The number of hydrogen-bond donors (Lipinski definition) is 1. The molecule has 96 valence electrons. The molecule has 0 radical (unpaired) electrons. The van der Waals surface area contributed by atoms with Crippen molar-refractivity contribution in [3.05, 3.63) is 10.1 Å². The number of aliphatic hydroxyl groups excluding tert-OH is 1. The van der Waals surface area contributed by atoms with Crippen molar-refractivity contribution < 1.29 is 14.8 Å². The molecule has 16 heavy (non-hydrogen) atoms. The van der Waals surface area contributed by atoms with Gasteiger partial charge in [0.1, 0.15) is 0 Å². The van der Waals surface area contributed by atoms with E-state index in [-0.39, 0.29) is 13.2 Å². The van der Waals surface area contributed by atoms with Crippen LogP contribution in [0.2, 0.25) is 0 Å². The maximum Gasteiger partial charge on any atom is 0.233 e. The van der Waals surface area contributed by atoms with Gasteiger partial charge in [0, 0.05) is 18.1 Å². The minimum Gasteiger partial charge on any atom is -0.396 e. The Morgan fingerprint density at radius 2 is 1.94 bits per heavy atom. The van der Waals surface area contributed by atoms with Crippen molar-refractivity contribution in [1.82, 2.24) is 0 Å². The van der Waals surface area contributed by atoms with Crippen LogP contribution in [0.25, 0.3) is 0 Å². The average Bonchev–Trinajstić information content (AvgIpc) is 2.13. The van der Waals surface area contributed by atoms with Gasteiger partial charge in [0.25, 0.3) is 0 Å². The van der Waals surface area contributed by atoms with Crippen LogP contribution in [0, 0.1) is 10.1 Å². The maximum atomic E-state index is 10.3. The number of alkyl halides is 3. The molecule has 1 N–H and O–H groups in total. The number of rotatable bonds is 8. The van der Waals surface area contributed by atoms with Gasteiger partial charge in [0.2, 0.25) is 10.3 Å². The van der Waals surface area contributed by atoms with E-state index in [9.17, 15) is 10.1 Å². The Hall–Kier alpha value is 0.190. The Morgan fingerprint density at radius 1 is 1.31 bits per heavy atom. The molecule has 1 unspecified atom stereocenters. The van der Waals surface area contributed by atoms with Crippen molar-refractivity contribution in [2.75, 3.05) is 19.8 Å². The van der Waals surface area contributed by atoms with E-state index in [4.69, 9.17) is 44.6 Å². The van der Waals surface area contributed by atoms with Crippen molar-refractivity contribution in [1.29, 1.82) is 0 Å². The zero-order valence-corrected chi connectivity index (χ0v) is 10.8. The molecular weight excluding hydrogens is 280 g/mol. The van der Waals surface area contributed by atoms with Crippen LogP contribution in [-0.4, -0.2) is 39.7 Å². The number of nitro groups is 1. The number of halogens is 3. The van der Waals surface area contributed by atoms with E-state index >= 15 is 0 Å². The van der Waals surface area contributed by atoms with Crippen LogP contribution in [0.1, 0.15) is 19.3 Å². The lowest BCUT2D eigenvalue weighted by atomic mass is 10.2. The number of aliphatic hydroxyl groups is 1. The fourth-order valence-electron chi connectivity index (χ4n) is 1.00. The van der Waals surface area contributed by atoms with Crippen LogP contribution in [0.15, 0.2) is 0 Å². The van der Waals surface area contributed by atoms with Crippen molar-refractivity contribution in [3.63, 3.8) is 0 Å². The third kappa shape index (κ3) is 8.35. The lowest BCUT2D eigenvalue weighted by Crippen LogP contribution is -2.35. The molecule has 8 heteroatoms. The monoisotopic (exact) mass is 293 g/mol. The first-order valence-corrected chi connectivity index (χ1v) is 5.92. The predicted octanol–water partition coefficient (Wildman–Crippen LogP) is 2.18. The lowest BCUT2D eigenvalue weighted by molar-refractivity contribution is -0.491. The lowest BCUT2D eigenvalue weighted by Gasteiger charge is -2.21. The summed E-state index contributed by atoms with van der Waals surface area (Å²) in [7, 11) is 0. The van der Waals surface area contributed by atoms with Gasteiger partial charge in [0.15, 0.2) is 6.10 Å². The van der Waals surface area contributed by atoms with Crippen molar-refractivity contribution in [3.8, 4) is 0 Å². The number of nitrogens with zero attached hydrogens (tertiary/aromatic N) is 1. The van der Waals surface area contributed by atoms with Crippen LogP contribution < -0.4 is 0 Å². The minimum atomic E-state index is -1.80. The third-order valence-electron chi connectivity index (χ3n) is 1.80. The minimum absolute atomic E-state index is 0.114. The van der Waals surface area contributed by atoms with Gasteiger partial charge in [-0.2, -0.15) is 0 Å². The van der Waals surface area contributed by atoms with Crippen LogP contribution in [0.3, 0.4) is 0 Å². The molecule has 0 saturated carbocycles. The predicted molar refractivity (Wildman–Crippen MR) is 62.8 cm³/mol. The van der Waals surface area contributed by atoms with Crippen LogP contribution in [0.5, 0.6) is 0 Å². The Kier molecular flexibility index (Phi) is 8.40. The first-order valence-electron chi connectivity index (χ1n) is 4.79. The summed E-state index contributed by atoms with van der Waals surface area (Å²) in [5, 5.41) is 18.8. The highest BCUT2D eigenvalue weighted by Crippen LogP contribution is 2.32. The zero-order valence-electron chi connectivity index (χ0n) is 8.57. The van der Waals surface area contributed by atoms with Crippen molar-refractivity contribution >= 4 is 34.8 Å². The summed E-state index contributed by atoms with van der Waals surface area (Å²) in [6.07, 6.45) is 1.04. The second kappa shape index (κ2) is 8.31. The molecule has 0 heterocycles. The Morgan fingerprint density at radius 3 is 2.38 bits per heavy atom. The van der Waals surface area contributed by atoms with E-state index in [0.717, 1.165) is 6.42 Å². The van der Waals surface area contributed by atoms with Gasteiger partial charge in [0.05, 0.1) is 0 Å². The SMILES string of the molecule is O=[N+]([O-])CC(OCCCCCO)C(Cl)(Cl)Cl. The van der Waals surface area contributed by atoms with Gasteiger partial charge in [-0.05, 0) is 19.3 Å². The molecule has 0 aliphatic heterocycles. The normalized spacial score (nSPS) is 13.8. The molecule has 0 aromatic heterocycles. The van der Waals surface area contributed by atoms with E-state index in [1.54, 1.807) is 0 Å². The molecule has 0 bridgehead atoms. The standard InChI is InChI=1S/C8H14Cl3NO4/c9-8(10,11)7(6-12(14)15)16-5-3-1-2-4-13/h7,13H,1-6H2. The summed E-state index contributed by atoms with van der Waals surface area (Å²) >= 11 is 16.6. The van der Waals surface area contributed by atoms with E-state index in [1.807, 2.05) is 0 Å². The first-order chi connectivity index (χ1) is 7.38. The van der Waals surface area contributed by atoms with Gasteiger partial charge in [-0.1, -0.05) is 34.8 Å². The number of hydrogen-bond acceptors (Lipinski definition) is 4. The van der Waals surface area contributed by atoms with Crippen LogP contribution in [0.4, 0.5) is 0 Å². The molecule has 5 nitrogen and oxygen atoms in total. The summed E-state index contributed by atoms with van der Waals surface area (Å²) in [4.78, 5) is 9.73. The van der Waals surface area contributed by atoms with E-state index in [2.05, 4.69) is 0 Å². The summed E-state index contributed by atoms with van der Waals surface area (Å²) in [6.45, 7) is -0.161. The summed E-state index contributed by atoms with van der Waals surface area (Å²) < 4.78 is 3.34. The van der Waals surface area contributed by atoms with Crippen molar-refractivity contribution in [2.24, 2.45) is 0 Å². The van der Waals surface area contributed by atoms with E-state index in [0.29, 0.717) is 12.8 Å². The topological polar surface area (TPSA) is 72.6 Å². The molecule has 0 rings (SSSR count). The first kappa shape index (κ1) is 16.2. The zero-order chi connectivity index (χ0) is 12.6. The molecule has 0 amide bonds. The molecule has 0 saturated heterocycles. The highest BCUT2D eigenvalue weighted by atomic mass is 35.6. The molecule has 1 atom stereocenters. The fourth-order valence-corrected chi connectivity index (χ4v) is 1.40. The molecule has 0 aromatic carbocycles. The van der Waals surface area contributed by atoms with Crippen LogP contribution >= 0.6 is 34.8 Å². The molecular formula is C8H14Cl3NO4. The summed E-state index contributed by atoms with van der Waals surface area (Å²) in [6, 6.07) is 0. The smallest absolute Gasteiger partial charge is 0.233 e. The number of ether oxygens (including phenoxy) is 1. The molecule has 0 spiro atoms. The van der Waals surface area contributed by atoms with Crippen LogP contribution in [-0.2, 0) is 4.74 Å². The van der Waals surface area contributed by atoms with Gasteiger partial charge in [-0.3, -0.25) is 10.1 Å². The second-order valence-corrected chi connectivity index (χ2v) is 5.57. The second-order valence-electron chi connectivity index (χ2n) is 3.20. The van der Waals surface area contributed by atoms with Gasteiger partial charge >= 0.3 is 0 Å². The Bertz CT molecular complexity index is 210. The Balaban J connectivity index is 3.89. The maximum absolute atomic E-state index is 10.3. The summed E-state index contributed by atoms with van der Waals surface area (Å²) in [5.74, 6) is 0. The van der Waals surface area contributed by atoms with Gasteiger partial charge < -0.3 is 9.84 Å². The molecule has 0 fully saturated rings. The van der Waals surface area contributed by atoms with E-state index < -0.39 is 21.4 Å². The Labute approximate surface area is 109 Å². The highest BCUT2D eigenvalue weighted by molar-refractivity contribution is 6.68. The molecule has 0 aliphatic rings. The fraction of sp³-hybridized carbons (Fsp3) is 1.00. The summed E-state index contributed by atoms with van der Waals surface area (Å²) in [5.41, 5.74) is 0. The number of unbranched alkanes of at least 4 members (excludes halogenated alkanes) is 2. The van der Waals surface area contributed by atoms with Gasteiger partial charge in [-0.25, -0.2) is 0 Å². The third-order valence-corrected chi connectivity index (χ3v) is 2.53. The molecule has 0 aliphatic carbocycles. The van der Waals surface area contributed by atoms with Gasteiger partial charge in [-0.15, -0.1) is 0 Å².